The molecule has 0 aromatic rings. The molecule has 0 bridgehead atoms. The van der Waals surface area contributed by atoms with Crippen molar-refractivity contribution >= 4 is 11.8 Å². The highest BCUT2D eigenvalue weighted by molar-refractivity contribution is 5.91. The van der Waals surface area contributed by atoms with Crippen LogP contribution in [-0.2, 0) is 9.59 Å². The van der Waals surface area contributed by atoms with Crippen LogP contribution in [0.15, 0.2) is 0 Å². The first kappa shape index (κ1) is 12.0. The van der Waals surface area contributed by atoms with Crippen LogP contribution in [0.3, 0.4) is 0 Å². The minimum atomic E-state index is -0.593. The standard InChI is InChI=1S/C10H18N2O3/c1-10(2,6-13)12(3)9(15)7-4-5-8(14)11-7/h7,13H,4-6H2,1-3H3,(H,11,14)/t7-/m1/s1. The lowest BCUT2D eigenvalue weighted by atomic mass is 10.0. The second-order valence-electron chi connectivity index (χ2n) is 4.53. The maximum absolute atomic E-state index is 11.9. The van der Waals surface area contributed by atoms with Crippen LogP contribution in [0.25, 0.3) is 0 Å². The molecule has 1 aliphatic heterocycles. The van der Waals surface area contributed by atoms with Gasteiger partial charge in [-0.3, -0.25) is 9.59 Å². The Labute approximate surface area is 89.4 Å². The fraction of sp³-hybridized carbons (Fsp3) is 0.800. The molecule has 5 nitrogen and oxygen atoms in total. The Kier molecular flexibility index (Phi) is 3.34. The highest BCUT2D eigenvalue weighted by Gasteiger charge is 2.34. The number of carbonyl (C=O) groups excluding carboxylic acids is 2. The lowest BCUT2D eigenvalue weighted by Crippen LogP contribution is -2.53. The highest BCUT2D eigenvalue weighted by Crippen LogP contribution is 2.16. The lowest BCUT2D eigenvalue weighted by Gasteiger charge is -2.35. The molecule has 15 heavy (non-hydrogen) atoms. The van der Waals surface area contributed by atoms with Gasteiger partial charge in [0.2, 0.25) is 11.8 Å². The molecule has 1 heterocycles. The van der Waals surface area contributed by atoms with Crippen molar-refractivity contribution in [3.8, 4) is 0 Å². The van der Waals surface area contributed by atoms with Crippen molar-refractivity contribution in [3.05, 3.63) is 0 Å². The number of rotatable bonds is 3. The van der Waals surface area contributed by atoms with Crippen LogP contribution in [0.1, 0.15) is 26.7 Å². The molecule has 5 heteroatoms. The quantitative estimate of drug-likeness (QED) is 0.665. The Hall–Kier alpha value is -1.10. The molecular formula is C10H18N2O3. The number of aliphatic hydroxyl groups excluding tert-OH is 1. The molecule has 0 radical (unpaired) electrons. The first-order chi connectivity index (χ1) is 6.88. The van der Waals surface area contributed by atoms with E-state index in [0.29, 0.717) is 12.8 Å². The van der Waals surface area contributed by atoms with Crippen molar-refractivity contribution in [1.82, 2.24) is 10.2 Å². The summed E-state index contributed by atoms with van der Waals surface area (Å²) in [6.45, 7) is 3.46. The molecule has 0 unspecified atom stereocenters. The van der Waals surface area contributed by atoms with Gasteiger partial charge in [-0.1, -0.05) is 0 Å². The van der Waals surface area contributed by atoms with Crippen LogP contribution in [0.5, 0.6) is 0 Å². The Bertz CT molecular complexity index is 276. The maximum Gasteiger partial charge on any atom is 0.245 e. The van der Waals surface area contributed by atoms with Crippen molar-refractivity contribution in [2.75, 3.05) is 13.7 Å². The van der Waals surface area contributed by atoms with Gasteiger partial charge >= 0.3 is 0 Å². The summed E-state index contributed by atoms with van der Waals surface area (Å²) in [6, 6.07) is -0.423. The molecule has 0 spiro atoms. The second kappa shape index (κ2) is 4.18. The molecule has 1 aliphatic rings. The normalized spacial score (nSPS) is 21.3. The van der Waals surface area contributed by atoms with E-state index in [1.807, 2.05) is 0 Å². The fourth-order valence-electron chi connectivity index (χ4n) is 1.44. The molecule has 2 amide bonds. The SMILES string of the molecule is CN(C(=O)[C@H]1CCC(=O)N1)C(C)(C)CO. The van der Waals surface area contributed by atoms with E-state index in [4.69, 9.17) is 5.11 Å². The average Bonchev–Trinajstić information content (AvgIpc) is 2.62. The van der Waals surface area contributed by atoms with E-state index in [1.54, 1.807) is 20.9 Å². The minimum absolute atomic E-state index is 0.0800. The summed E-state index contributed by atoms with van der Waals surface area (Å²) in [4.78, 5) is 24.4. The lowest BCUT2D eigenvalue weighted by molar-refractivity contribution is -0.138. The molecule has 1 fully saturated rings. The summed E-state index contributed by atoms with van der Waals surface area (Å²) in [6.07, 6.45) is 0.952. The third-order valence-electron chi connectivity index (χ3n) is 2.92. The summed E-state index contributed by atoms with van der Waals surface area (Å²) in [5.41, 5.74) is -0.593. The number of amides is 2. The van der Waals surface area contributed by atoms with E-state index in [9.17, 15) is 9.59 Å². The van der Waals surface area contributed by atoms with Gasteiger partial charge in [0, 0.05) is 13.5 Å². The van der Waals surface area contributed by atoms with Gasteiger partial charge in [0.25, 0.3) is 0 Å². The van der Waals surface area contributed by atoms with Gasteiger partial charge in [0.15, 0.2) is 0 Å². The summed E-state index contributed by atoms with van der Waals surface area (Å²) >= 11 is 0. The Morgan fingerprint density at radius 1 is 1.67 bits per heavy atom. The number of nitrogens with zero attached hydrogens (tertiary/aromatic N) is 1. The van der Waals surface area contributed by atoms with Crippen LogP contribution >= 0.6 is 0 Å². The molecular weight excluding hydrogens is 196 g/mol. The van der Waals surface area contributed by atoms with Crippen molar-refractivity contribution in [2.45, 2.75) is 38.3 Å². The van der Waals surface area contributed by atoms with E-state index in [2.05, 4.69) is 5.32 Å². The van der Waals surface area contributed by atoms with Gasteiger partial charge in [-0.05, 0) is 20.3 Å². The van der Waals surface area contributed by atoms with E-state index in [-0.39, 0.29) is 18.4 Å². The second-order valence-corrected chi connectivity index (χ2v) is 4.53. The summed E-state index contributed by atoms with van der Waals surface area (Å²) < 4.78 is 0. The van der Waals surface area contributed by atoms with E-state index >= 15 is 0 Å². The third kappa shape index (κ3) is 2.47. The molecule has 86 valence electrons. The van der Waals surface area contributed by atoms with Gasteiger partial charge in [0.05, 0.1) is 12.1 Å². The van der Waals surface area contributed by atoms with Crippen LogP contribution in [-0.4, -0.2) is 47.1 Å². The van der Waals surface area contributed by atoms with E-state index in [0.717, 1.165) is 0 Å². The van der Waals surface area contributed by atoms with Crippen molar-refractivity contribution in [3.63, 3.8) is 0 Å². The fourth-order valence-corrected chi connectivity index (χ4v) is 1.44. The van der Waals surface area contributed by atoms with Gasteiger partial charge in [-0.2, -0.15) is 0 Å². The first-order valence-corrected chi connectivity index (χ1v) is 5.06. The predicted octanol–water partition coefficient (Wildman–Crippen LogP) is -0.506. The molecule has 1 saturated heterocycles. The number of aliphatic hydroxyl groups is 1. The largest absolute Gasteiger partial charge is 0.394 e. The molecule has 1 atom stereocenters. The number of hydrogen-bond acceptors (Lipinski definition) is 3. The summed E-state index contributed by atoms with van der Waals surface area (Å²) in [5.74, 6) is -0.219. The van der Waals surface area contributed by atoms with Gasteiger partial charge in [-0.25, -0.2) is 0 Å². The zero-order valence-corrected chi connectivity index (χ0v) is 9.41. The zero-order valence-electron chi connectivity index (χ0n) is 9.41. The van der Waals surface area contributed by atoms with Crippen LogP contribution in [0, 0.1) is 0 Å². The molecule has 1 rings (SSSR count). The molecule has 0 aliphatic carbocycles. The van der Waals surface area contributed by atoms with Crippen molar-refractivity contribution in [1.29, 1.82) is 0 Å². The molecule has 2 N–H and O–H groups in total. The third-order valence-corrected chi connectivity index (χ3v) is 2.92. The van der Waals surface area contributed by atoms with Crippen molar-refractivity contribution in [2.24, 2.45) is 0 Å². The molecule has 0 aromatic carbocycles. The molecule has 0 aromatic heterocycles. The van der Waals surface area contributed by atoms with Gasteiger partial charge in [0.1, 0.15) is 6.04 Å². The number of nitrogens with one attached hydrogen (secondary N) is 1. The van der Waals surface area contributed by atoms with Crippen LogP contribution < -0.4 is 5.32 Å². The Morgan fingerprint density at radius 2 is 2.27 bits per heavy atom. The first-order valence-electron chi connectivity index (χ1n) is 5.06. The minimum Gasteiger partial charge on any atom is -0.394 e. The van der Waals surface area contributed by atoms with Crippen LogP contribution in [0.2, 0.25) is 0 Å². The zero-order chi connectivity index (χ0) is 11.6. The predicted molar refractivity (Wildman–Crippen MR) is 55.1 cm³/mol. The highest BCUT2D eigenvalue weighted by atomic mass is 16.3. The summed E-state index contributed by atoms with van der Waals surface area (Å²) in [7, 11) is 1.64. The topological polar surface area (TPSA) is 69.6 Å². The Morgan fingerprint density at radius 3 is 2.67 bits per heavy atom. The summed E-state index contributed by atoms with van der Waals surface area (Å²) in [5, 5.41) is 11.7. The van der Waals surface area contributed by atoms with E-state index < -0.39 is 11.6 Å². The van der Waals surface area contributed by atoms with Crippen molar-refractivity contribution < 1.29 is 14.7 Å². The average molecular weight is 214 g/mol. The van der Waals surface area contributed by atoms with E-state index in [1.165, 1.54) is 4.90 Å². The number of carbonyl (C=O) groups is 2. The van der Waals surface area contributed by atoms with Gasteiger partial charge in [-0.15, -0.1) is 0 Å². The smallest absolute Gasteiger partial charge is 0.245 e. The number of likely N-dealkylation sites (N-methyl/N-ethyl adjacent to an activating group) is 1. The van der Waals surface area contributed by atoms with Crippen LogP contribution in [0.4, 0.5) is 0 Å². The maximum atomic E-state index is 11.9. The Balaban J connectivity index is 2.64. The van der Waals surface area contributed by atoms with Gasteiger partial charge < -0.3 is 15.3 Å². The molecule has 0 saturated carbocycles. The monoisotopic (exact) mass is 214 g/mol. The number of hydrogen-bond donors (Lipinski definition) is 2.